The Morgan fingerprint density at radius 1 is 0.913 bits per heavy atom. The number of carbonyl (C=O) groups is 1. The topological polar surface area (TPSA) is 40.5 Å². The molecule has 0 fully saturated rings. The summed E-state index contributed by atoms with van der Waals surface area (Å²) in [5.41, 5.74) is 0.560. The maximum absolute atomic E-state index is 12.6. The lowest BCUT2D eigenvalue weighted by atomic mass is 9.93. The van der Waals surface area contributed by atoms with Crippen molar-refractivity contribution in [3.8, 4) is 0 Å². The first-order valence-corrected chi connectivity index (χ1v) is 9.28. The summed E-state index contributed by atoms with van der Waals surface area (Å²) in [5, 5.41) is 11.1. The molecule has 0 aliphatic carbocycles. The number of hydrogen-bond donors (Lipinski definition) is 1. The minimum atomic E-state index is -0.149. The second-order valence-electron chi connectivity index (χ2n) is 6.38. The number of benzene rings is 1. The largest absolute Gasteiger partial charge is 0.281 e. The van der Waals surface area contributed by atoms with Crippen LogP contribution in [-0.4, -0.2) is 11.1 Å². The molecule has 0 bridgehead atoms. The van der Waals surface area contributed by atoms with E-state index in [2.05, 4.69) is 13.8 Å². The number of carbonyl (C=O) groups excluding carboxylic acids is 1. The summed E-state index contributed by atoms with van der Waals surface area (Å²) < 4.78 is 0. The lowest BCUT2D eigenvalue weighted by molar-refractivity contribution is -0.128. The van der Waals surface area contributed by atoms with E-state index >= 15 is 0 Å². The highest BCUT2D eigenvalue weighted by Crippen LogP contribution is 2.23. The Hall–Kier alpha value is -1.35. The van der Waals surface area contributed by atoms with Crippen LogP contribution in [0.5, 0.6) is 0 Å². The molecule has 0 radical (unpaired) electrons. The summed E-state index contributed by atoms with van der Waals surface area (Å²) in [6.45, 7) is 4.39. The zero-order chi connectivity index (χ0) is 16.9. The Morgan fingerprint density at radius 3 is 1.91 bits per heavy atom. The van der Waals surface area contributed by atoms with Gasteiger partial charge in [0.05, 0.1) is 5.69 Å². The molecule has 1 aromatic rings. The quantitative estimate of drug-likeness (QED) is 0.293. The molecule has 0 aromatic heterocycles. The van der Waals surface area contributed by atoms with E-state index in [4.69, 9.17) is 0 Å². The van der Waals surface area contributed by atoms with Gasteiger partial charge in [-0.2, -0.15) is 5.06 Å². The zero-order valence-electron chi connectivity index (χ0n) is 14.8. The Bertz CT molecular complexity index is 407. The van der Waals surface area contributed by atoms with Crippen LogP contribution in [0.25, 0.3) is 0 Å². The van der Waals surface area contributed by atoms with Crippen molar-refractivity contribution in [1.29, 1.82) is 0 Å². The van der Waals surface area contributed by atoms with Crippen LogP contribution in [-0.2, 0) is 4.79 Å². The van der Waals surface area contributed by atoms with E-state index in [1.807, 2.05) is 18.2 Å². The van der Waals surface area contributed by atoms with Crippen molar-refractivity contribution >= 4 is 11.6 Å². The fourth-order valence-electron chi connectivity index (χ4n) is 2.90. The lowest BCUT2D eigenvalue weighted by Gasteiger charge is -2.22. The Balaban J connectivity index is 2.58. The van der Waals surface area contributed by atoms with Crippen molar-refractivity contribution in [2.75, 3.05) is 5.06 Å². The first kappa shape index (κ1) is 19.7. The third-order valence-electron chi connectivity index (χ3n) is 4.37. The summed E-state index contributed by atoms with van der Waals surface area (Å²) >= 11 is 0. The van der Waals surface area contributed by atoms with Crippen LogP contribution in [0.2, 0.25) is 0 Å². The molecule has 1 aromatic carbocycles. The van der Waals surface area contributed by atoms with E-state index in [1.165, 1.54) is 38.5 Å². The first-order chi connectivity index (χ1) is 11.2. The predicted octanol–water partition coefficient (Wildman–Crippen LogP) is 5.97. The van der Waals surface area contributed by atoms with E-state index in [0.717, 1.165) is 30.7 Å². The minimum absolute atomic E-state index is 0.0612. The number of para-hydroxylation sites is 1. The molecule has 1 N–H and O–H groups in total. The van der Waals surface area contributed by atoms with Crippen LogP contribution in [0.3, 0.4) is 0 Å². The molecule has 0 aliphatic heterocycles. The third kappa shape index (κ3) is 7.65. The van der Waals surface area contributed by atoms with Crippen molar-refractivity contribution in [2.45, 2.75) is 78.1 Å². The molecule has 3 heteroatoms. The number of nitrogens with zero attached hydrogens (tertiary/aromatic N) is 1. The number of anilines is 1. The maximum Gasteiger partial charge on any atom is 0.253 e. The second kappa shape index (κ2) is 12.1. The molecule has 0 aliphatic rings. The van der Waals surface area contributed by atoms with Crippen molar-refractivity contribution in [3.05, 3.63) is 30.3 Å². The Kier molecular flexibility index (Phi) is 10.4. The molecule has 130 valence electrons. The lowest BCUT2D eigenvalue weighted by Crippen LogP contribution is -2.33. The summed E-state index contributed by atoms with van der Waals surface area (Å²) in [5.74, 6) is -0.210. The summed E-state index contributed by atoms with van der Waals surface area (Å²) in [7, 11) is 0. The van der Waals surface area contributed by atoms with Gasteiger partial charge in [0.15, 0.2) is 0 Å². The fraction of sp³-hybridized carbons (Fsp3) is 0.650. The van der Waals surface area contributed by atoms with Crippen LogP contribution in [0.15, 0.2) is 30.3 Å². The summed E-state index contributed by atoms with van der Waals surface area (Å²) in [6.07, 6.45) is 11.1. The molecule has 0 heterocycles. The number of rotatable bonds is 12. The molecule has 0 saturated heterocycles. The van der Waals surface area contributed by atoms with Gasteiger partial charge in [-0.1, -0.05) is 83.4 Å². The third-order valence-corrected chi connectivity index (χ3v) is 4.37. The van der Waals surface area contributed by atoms with Crippen LogP contribution in [0, 0.1) is 5.92 Å². The smallest absolute Gasteiger partial charge is 0.253 e. The molecule has 0 spiro atoms. The molecule has 0 saturated carbocycles. The van der Waals surface area contributed by atoms with Crippen LogP contribution >= 0.6 is 0 Å². The van der Waals surface area contributed by atoms with Crippen LogP contribution in [0.1, 0.15) is 78.1 Å². The van der Waals surface area contributed by atoms with E-state index in [-0.39, 0.29) is 11.8 Å². The van der Waals surface area contributed by atoms with Gasteiger partial charge in [0.2, 0.25) is 0 Å². The first-order valence-electron chi connectivity index (χ1n) is 9.28. The highest BCUT2D eigenvalue weighted by Gasteiger charge is 2.23. The maximum atomic E-state index is 12.6. The van der Waals surface area contributed by atoms with Crippen molar-refractivity contribution in [1.82, 2.24) is 0 Å². The number of amides is 1. The van der Waals surface area contributed by atoms with E-state index in [1.54, 1.807) is 12.1 Å². The molecular formula is C20H33NO2. The number of unbranched alkanes of at least 4 members (excludes halogenated alkanes) is 6. The van der Waals surface area contributed by atoms with Crippen LogP contribution in [0.4, 0.5) is 5.69 Å². The molecule has 3 nitrogen and oxygen atoms in total. The SMILES string of the molecule is CCCCCCC(CCCCCC)C(=O)N(O)c1ccccc1. The van der Waals surface area contributed by atoms with Crippen LogP contribution < -0.4 is 5.06 Å². The summed E-state index contributed by atoms with van der Waals surface area (Å²) in [6, 6.07) is 9.09. The minimum Gasteiger partial charge on any atom is -0.281 e. The highest BCUT2D eigenvalue weighted by molar-refractivity contribution is 5.92. The Morgan fingerprint density at radius 2 is 1.43 bits per heavy atom. The van der Waals surface area contributed by atoms with Gasteiger partial charge in [0, 0.05) is 5.92 Å². The molecule has 23 heavy (non-hydrogen) atoms. The van der Waals surface area contributed by atoms with Crippen molar-refractivity contribution in [3.63, 3.8) is 0 Å². The molecule has 1 rings (SSSR count). The summed E-state index contributed by atoms with van der Waals surface area (Å²) in [4.78, 5) is 12.6. The average molecular weight is 319 g/mol. The monoisotopic (exact) mass is 319 g/mol. The Labute approximate surface area is 141 Å². The average Bonchev–Trinajstić information content (AvgIpc) is 2.60. The molecule has 0 atom stereocenters. The van der Waals surface area contributed by atoms with Crippen molar-refractivity contribution < 1.29 is 10.0 Å². The number of hydrogen-bond acceptors (Lipinski definition) is 2. The second-order valence-corrected chi connectivity index (χ2v) is 6.38. The fourth-order valence-corrected chi connectivity index (χ4v) is 2.90. The van der Waals surface area contributed by atoms with E-state index in [9.17, 15) is 10.0 Å². The van der Waals surface area contributed by atoms with Gasteiger partial charge in [-0.05, 0) is 25.0 Å². The molecular weight excluding hydrogens is 286 g/mol. The van der Waals surface area contributed by atoms with Crippen molar-refractivity contribution in [2.24, 2.45) is 5.92 Å². The predicted molar refractivity (Wildman–Crippen MR) is 96.7 cm³/mol. The van der Waals surface area contributed by atoms with Gasteiger partial charge < -0.3 is 0 Å². The van der Waals surface area contributed by atoms with Gasteiger partial charge in [-0.15, -0.1) is 0 Å². The molecule has 0 unspecified atom stereocenters. The van der Waals surface area contributed by atoms with Gasteiger partial charge in [-0.3, -0.25) is 10.0 Å². The number of hydroxylamine groups is 1. The zero-order valence-corrected chi connectivity index (χ0v) is 14.8. The van der Waals surface area contributed by atoms with Gasteiger partial charge in [-0.25, -0.2) is 0 Å². The van der Waals surface area contributed by atoms with Gasteiger partial charge >= 0.3 is 0 Å². The van der Waals surface area contributed by atoms with E-state index < -0.39 is 0 Å². The van der Waals surface area contributed by atoms with Gasteiger partial charge in [0.1, 0.15) is 0 Å². The standard InChI is InChI=1S/C20H33NO2/c1-3-5-7-10-14-18(15-11-8-6-4-2)20(22)21(23)19-16-12-9-13-17-19/h9,12-13,16-18,23H,3-8,10-11,14-15H2,1-2H3. The van der Waals surface area contributed by atoms with Gasteiger partial charge in [0.25, 0.3) is 5.91 Å². The molecule has 1 amide bonds. The van der Waals surface area contributed by atoms with E-state index in [0.29, 0.717) is 5.69 Å². The normalized spacial score (nSPS) is 11.0. The highest BCUT2D eigenvalue weighted by atomic mass is 16.5.